The van der Waals surface area contributed by atoms with Crippen LogP contribution in [0.2, 0.25) is 0 Å². The van der Waals surface area contributed by atoms with Crippen LogP contribution in [0.15, 0.2) is 0 Å². The Hall–Kier alpha value is 0.110. The van der Waals surface area contributed by atoms with Gasteiger partial charge >= 0.3 is 0 Å². The third-order valence-electron chi connectivity index (χ3n) is 2.98. The van der Waals surface area contributed by atoms with Crippen molar-refractivity contribution in [3.05, 3.63) is 0 Å². The minimum atomic E-state index is -1.90. The van der Waals surface area contributed by atoms with Gasteiger partial charge in [0.1, 0.15) is 0 Å². The maximum Gasteiger partial charge on any atom is 0.0325 e. The molecule has 0 radical (unpaired) electrons. The van der Waals surface area contributed by atoms with Gasteiger partial charge < -0.3 is 4.55 Å². The monoisotopic (exact) mass is 175 g/mol. The summed E-state index contributed by atoms with van der Waals surface area (Å²) in [7, 11) is 0. The molecule has 1 aliphatic carbocycles. The molecule has 1 aliphatic rings. The molecular formula is C8H15O2S-. The van der Waals surface area contributed by atoms with Crippen LogP contribution in [-0.2, 0) is 11.1 Å². The lowest BCUT2D eigenvalue weighted by Crippen LogP contribution is -2.40. The lowest BCUT2D eigenvalue weighted by atomic mass is 9.81. The van der Waals surface area contributed by atoms with Gasteiger partial charge in [0.2, 0.25) is 0 Å². The first kappa shape index (κ1) is 9.20. The molecule has 0 amide bonds. The van der Waals surface area contributed by atoms with Crippen LogP contribution in [0, 0.1) is 5.92 Å². The van der Waals surface area contributed by atoms with E-state index < -0.39 is 15.8 Å². The minimum Gasteiger partial charge on any atom is -0.772 e. The second-order valence-corrected chi connectivity index (χ2v) is 5.10. The molecule has 0 heterocycles. The standard InChI is InChI=1S/C8H16O2S/c1-7-5-3-4-6-8(7,2)11(9)10/h7H,3-6H2,1-2H3,(H,9,10)/p-1. The molecule has 0 aromatic heterocycles. The Kier molecular flexibility index (Phi) is 2.70. The Morgan fingerprint density at radius 2 is 2.18 bits per heavy atom. The van der Waals surface area contributed by atoms with Crippen molar-refractivity contribution in [2.45, 2.75) is 44.3 Å². The van der Waals surface area contributed by atoms with Gasteiger partial charge in [0.15, 0.2) is 0 Å². The zero-order valence-corrected chi connectivity index (χ0v) is 7.95. The Balaban J connectivity index is 2.72. The summed E-state index contributed by atoms with van der Waals surface area (Å²) in [6.45, 7) is 3.90. The molecule has 0 bridgehead atoms. The van der Waals surface area contributed by atoms with Gasteiger partial charge in [0.25, 0.3) is 0 Å². The first-order valence-corrected chi connectivity index (χ1v) is 5.24. The lowest BCUT2D eigenvalue weighted by Gasteiger charge is -2.41. The van der Waals surface area contributed by atoms with E-state index in [1.165, 1.54) is 6.42 Å². The van der Waals surface area contributed by atoms with Crippen molar-refractivity contribution >= 4 is 11.1 Å². The normalized spacial score (nSPS) is 41.9. The Labute approximate surface area is 70.7 Å². The van der Waals surface area contributed by atoms with E-state index >= 15 is 0 Å². The van der Waals surface area contributed by atoms with Crippen molar-refractivity contribution < 1.29 is 8.76 Å². The highest BCUT2D eigenvalue weighted by molar-refractivity contribution is 7.80. The fourth-order valence-corrected chi connectivity index (χ4v) is 2.48. The van der Waals surface area contributed by atoms with Crippen molar-refractivity contribution in [1.82, 2.24) is 0 Å². The molecule has 0 aromatic rings. The highest BCUT2D eigenvalue weighted by Crippen LogP contribution is 2.36. The lowest BCUT2D eigenvalue weighted by molar-refractivity contribution is 0.289. The molecule has 0 saturated heterocycles. The average molecular weight is 175 g/mol. The molecule has 3 atom stereocenters. The molecule has 3 heteroatoms. The molecule has 1 saturated carbocycles. The SMILES string of the molecule is CC1CCCCC1(C)S(=O)[O-]. The van der Waals surface area contributed by atoms with Crippen molar-refractivity contribution in [1.29, 1.82) is 0 Å². The Morgan fingerprint density at radius 3 is 2.55 bits per heavy atom. The molecule has 1 rings (SSSR count). The predicted molar refractivity (Wildman–Crippen MR) is 45.0 cm³/mol. The van der Waals surface area contributed by atoms with E-state index in [1.54, 1.807) is 0 Å². The van der Waals surface area contributed by atoms with Crippen LogP contribution in [0.5, 0.6) is 0 Å². The van der Waals surface area contributed by atoms with Crippen LogP contribution in [0.4, 0.5) is 0 Å². The highest BCUT2D eigenvalue weighted by Gasteiger charge is 2.34. The predicted octanol–water partition coefficient (Wildman–Crippen LogP) is 1.83. The first-order valence-electron chi connectivity index (χ1n) is 4.17. The van der Waals surface area contributed by atoms with Crippen LogP contribution >= 0.6 is 0 Å². The van der Waals surface area contributed by atoms with Crippen molar-refractivity contribution in [3.8, 4) is 0 Å². The largest absolute Gasteiger partial charge is 0.772 e. The molecule has 11 heavy (non-hydrogen) atoms. The third-order valence-corrected chi connectivity index (χ3v) is 4.35. The smallest absolute Gasteiger partial charge is 0.0325 e. The molecular weight excluding hydrogens is 160 g/mol. The van der Waals surface area contributed by atoms with Crippen LogP contribution in [-0.4, -0.2) is 13.5 Å². The summed E-state index contributed by atoms with van der Waals surface area (Å²) in [4.78, 5) is 0. The van der Waals surface area contributed by atoms with E-state index in [1.807, 2.05) is 13.8 Å². The van der Waals surface area contributed by atoms with E-state index in [4.69, 9.17) is 0 Å². The molecule has 66 valence electrons. The highest BCUT2D eigenvalue weighted by atomic mass is 32.2. The third kappa shape index (κ3) is 1.64. The second-order valence-electron chi connectivity index (χ2n) is 3.69. The molecule has 0 spiro atoms. The summed E-state index contributed by atoms with van der Waals surface area (Å²) in [5.41, 5.74) is 0. The molecule has 0 aliphatic heterocycles. The topological polar surface area (TPSA) is 40.1 Å². The van der Waals surface area contributed by atoms with Gasteiger partial charge in [-0.05, 0) is 36.8 Å². The van der Waals surface area contributed by atoms with Gasteiger partial charge in [-0.2, -0.15) is 0 Å². The second kappa shape index (κ2) is 3.23. The zero-order valence-electron chi connectivity index (χ0n) is 7.13. The molecule has 0 N–H and O–H groups in total. The number of hydrogen-bond acceptors (Lipinski definition) is 2. The summed E-state index contributed by atoms with van der Waals surface area (Å²) in [6, 6.07) is 0. The summed E-state index contributed by atoms with van der Waals surface area (Å²) in [5, 5.41) is 0. The van der Waals surface area contributed by atoms with E-state index in [0.717, 1.165) is 19.3 Å². The van der Waals surface area contributed by atoms with E-state index in [-0.39, 0.29) is 0 Å². The van der Waals surface area contributed by atoms with Gasteiger partial charge in [-0.25, -0.2) is 0 Å². The van der Waals surface area contributed by atoms with Crippen LogP contribution in [0.25, 0.3) is 0 Å². The maximum absolute atomic E-state index is 10.9. The molecule has 3 unspecified atom stereocenters. The molecule has 2 nitrogen and oxygen atoms in total. The minimum absolute atomic E-state index is 0.328. The van der Waals surface area contributed by atoms with Crippen molar-refractivity contribution in [2.24, 2.45) is 5.92 Å². The van der Waals surface area contributed by atoms with Gasteiger partial charge in [-0.15, -0.1) is 0 Å². The maximum atomic E-state index is 10.9. The number of rotatable bonds is 1. The summed E-state index contributed by atoms with van der Waals surface area (Å²) in [6.07, 6.45) is 4.15. The molecule has 1 fully saturated rings. The van der Waals surface area contributed by atoms with Gasteiger partial charge in [-0.1, -0.05) is 19.8 Å². The summed E-state index contributed by atoms with van der Waals surface area (Å²) < 4.78 is 21.3. The fourth-order valence-electron chi connectivity index (χ4n) is 1.73. The van der Waals surface area contributed by atoms with Gasteiger partial charge in [-0.3, -0.25) is 4.21 Å². The Morgan fingerprint density at radius 1 is 1.55 bits per heavy atom. The Bertz CT molecular complexity index is 169. The summed E-state index contributed by atoms with van der Waals surface area (Å²) >= 11 is -1.90. The van der Waals surface area contributed by atoms with Crippen molar-refractivity contribution in [3.63, 3.8) is 0 Å². The number of hydrogen-bond donors (Lipinski definition) is 0. The van der Waals surface area contributed by atoms with Crippen LogP contribution in [0.1, 0.15) is 39.5 Å². The fraction of sp³-hybridized carbons (Fsp3) is 1.00. The molecule has 0 aromatic carbocycles. The quantitative estimate of drug-likeness (QED) is 0.570. The van der Waals surface area contributed by atoms with Crippen LogP contribution in [0.3, 0.4) is 0 Å². The van der Waals surface area contributed by atoms with E-state index in [0.29, 0.717) is 5.92 Å². The van der Waals surface area contributed by atoms with Gasteiger partial charge in [0, 0.05) is 4.75 Å². The van der Waals surface area contributed by atoms with Gasteiger partial charge in [0.05, 0.1) is 0 Å². The summed E-state index contributed by atoms with van der Waals surface area (Å²) in [5.74, 6) is 0.328. The average Bonchev–Trinajstić information content (AvgIpc) is 1.95. The zero-order chi connectivity index (χ0) is 8.48. The van der Waals surface area contributed by atoms with Crippen LogP contribution < -0.4 is 0 Å². The van der Waals surface area contributed by atoms with Crippen molar-refractivity contribution in [2.75, 3.05) is 0 Å². The first-order chi connectivity index (χ1) is 5.07. The van der Waals surface area contributed by atoms with E-state index in [9.17, 15) is 8.76 Å². The van der Waals surface area contributed by atoms with E-state index in [2.05, 4.69) is 0 Å².